The second-order valence-corrected chi connectivity index (χ2v) is 7.15. The second-order valence-electron chi connectivity index (χ2n) is 7.15. The van der Waals surface area contributed by atoms with Crippen molar-refractivity contribution in [3.63, 3.8) is 0 Å². The molecule has 2 heterocycles. The normalized spacial score (nSPS) is 16.2. The Morgan fingerprint density at radius 3 is 2.47 bits per heavy atom. The zero-order valence-corrected chi connectivity index (χ0v) is 18.6. The van der Waals surface area contributed by atoms with E-state index in [0.29, 0.717) is 35.1 Å². The molecule has 1 saturated heterocycles. The fourth-order valence-electron chi connectivity index (χ4n) is 3.41. The number of ether oxygens (including phenoxy) is 5. The highest BCUT2D eigenvalue weighted by atomic mass is 16.6. The second kappa shape index (κ2) is 10.2. The van der Waals surface area contributed by atoms with E-state index in [1.165, 1.54) is 26.0 Å². The number of methoxy groups -OCH3 is 4. The smallest absolute Gasteiger partial charge is 0.407 e. The van der Waals surface area contributed by atoms with Gasteiger partial charge in [0.2, 0.25) is 5.75 Å². The fourth-order valence-corrected chi connectivity index (χ4v) is 3.41. The Morgan fingerprint density at radius 1 is 1.25 bits per heavy atom. The number of hydrogen-bond acceptors (Lipinski definition) is 9. The Labute approximate surface area is 185 Å². The lowest BCUT2D eigenvalue weighted by molar-refractivity contribution is 0.0901. The fraction of sp³-hybridized carbons (Fsp3) is 0.500. The van der Waals surface area contributed by atoms with Gasteiger partial charge in [-0.3, -0.25) is 4.79 Å². The number of benzene rings is 1. The molecular weight excluding hydrogens is 422 g/mol. The van der Waals surface area contributed by atoms with Crippen LogP contribution in [0.1, 0.15) is 17.4 Å². The molecule has 1 aliphatic rings. The third-order valence-corrected chi connectivity index (χ3v) is 4.81. The summed E-state index contributed by atoms with van der Waals surface area (Å²) < 4.78 is 27.9. The van der Waals surface area contributed by atoms with Crippen LogP contribution in [0.25, 0.3) is 11.3 Å². The van der Waals surface area contributed by atoms with Crippen molar-refractivity contribution in [1.29, 1.82) is 0 Å². The summed E-state index contributed by atoms with van der Waals surface area (Å²) in [5.74, 6) is 0.808. The molecule has 1 aromatic heterocycles. The largest absolute Gasteiger partial charge is 0.493 e. The van der Waals surface area contributed by atoms with Gasteiger partial charge in [0, 0.05) is 18.7 Å². The van der Waals surface area contributed by atoms with Crippen molar-refractivity contribution >= 4 is 12.0 Å². The van der Waals surface area contributed by atoms with Crippen molar-refractivity contribution in [2.75, 3.05) is 41.7 Å². The van der Waals surface area contributed by atoms with Gasteiger partial charge in [-0.15, -0.1) is 5.10 Å². The number of cyclic esters (lactones) is 1. The van der Waals surface area contributed by atoms with E-state index >= 15 is 0 Å². The van der Waals surface area contributed by atoms with E-state index in [4.69, 9.17) is 23.7 Å². The van der Waals surface area contributed by atoms with E-state index in [-0.39, 0.29) is 30.9 Å². The van der Waals surface area contributed by atoms with Crippen LogP contribution in [0, 0.1) is 0 Å². The van der Waals surface area contributed by atoms with Crippen molar-refractivity contribution in [2.24, 2.45) is 0 Å². The molecule has 174 valence electrons. The molecule has 12 nitrogen and oxygen atoms in total. The molecule has 2 atom stereocenters. The summed E-state index contributed by atoms with van der Waals surface area (Å²) in [5.41, 5.74) is 1.10. The summed E-state index contributed by atoms with van der Waals surface area (Å²) in [5, 5.41) is 13.8. The molecule has 1 aromatic carbocycles. The van der Waals surface area contributed by atoms with Crippen LogP contribution in [-0.2, 0) is 16.0 Å². The molecule has 12 heteroatoms. The maximum Gasteiger partial charge on any atom is 0.407 e. The molecular formula is C20H27N5O7. The van der Waals surface area contributed by atoms with Crippen LogP contribution in [0.5, 0.6) is 17.2 Å². The van der Waals surface area contributed by atoms with Gasteiger partial charge >= 0.3 is 6.09 Å². The molecule has 32 heavy (non-hydrogen) atoms. The molecule has 0 bridgehead atoms. The number of nitrogens with zero attached hydrogens (tertiary/aromatic N) is 3. The van der Waals surface area contributed by atoms with Crippen molar-refractivity contribution in [1.82, 2.24) is 25.6 Å². The lowest BCUT2D eigenvalue weighted by atomic mass is 10.1. The number of nitrogens with one attached hydrogen (secondary N) is 2. The van der Waals surface area contributed by atoms with Gasteiger partial charge < -0.3 is 34.3 Å². The molecule has 2 aromatic rings. The number of alkyl carbamates (subject to hydrolysis) is 1. The van der Waals surface area contributed by atoms with Crippen LogP contribution in [0.15, 0.2) is 12.1 Å². The zero-order valence-electron chi connectivity index (χ0n) is 18.6. The first-order valence-corrected chi connectivity index (χ1v) is 9.88. The number of rotatable bonds is 10. The predicted octanol–water partition coefficient (Wildman–Crippen LogP) is 0.844. The van der Waals surface area contributed by atoms with Gasteiger partial charge in [-0.05, 0) is 19.1 Å². The van der Waals surface area contributed by atoms with E-state index in [0.717, 1.165) is 0 Å². The minimum Gasteiger partial charge on any atom is -0.493 e. The third-order valence-electron chi connectivity index (χ3n) is 4.81. The van der Waals surface area contributed by atoms with Crippen LogP contribution in [0.3, 0.4) is 0 Å². The van der Waals surface area contributed by atoms with Crippen LogP contribution < -0.4 is 24.8 Å². The molecule has 3 rings (SSSR count). The lowest BCUT2D eigenvalue weighted by Gasteiger charge is -2.17. The Hall–Kier alpha value is -3.54. The molecule has 2 amide bonds. The number of amides is 2. The Balaban J connectivity index is 2.07. The Kier molecular flexibility index (Phi) is 7.36. The monoisotopic (exact) mass is 449 g/mol. The highest BCUT2D eigenvalue weighted by Crippen LogP contribution is 2.41. The molecule has 1 aliphatic heterocycles. The van der Waals surface area contributed by atoms with Crippen molar-refractivity contribution in [3.05, 3.63) is 17.8 Å². The number of aromatic nitrogens is 3. The lowest BCUT2D eigenvalue weighted by Crippen LogP contribution is -2.36. The summed E-state index contributed by atoms with van der Waals surface area (Å²) in [4.78, 5) is 24.4. The van der Waals surface area contributed by atoms with Crippen LogP contribution in [-0.4, -0.2) is 80.7 Å². The van der Waals surface area contributed by atoms with Gasteiger partial charge in [0.05, 0.1) is 40.5 Å². The van der Waals surface area contributed by atoms with Gasteiger partial charge in [0.25, 0.3) is 5.91 Å². The zero-order chi connectivity index (χ0) is 23.3. The molecule has 0 radical (unpaired) electrons. The summed E-state index contributed by atoms with van der Waals surface area (Å²) in [6, 6.07) is 2.84. The minimum absolute atomic E-state index is 0.104. The molecule has 0 aliphatic carbocycles. The quantitative estimate of drug-likeness (QED) is 0.541. The van der Waals surface area contributed by atoms with Gasteiger partial charge in [-0.1, -0.05) is 5.21 Å². The van der Waals surface area contributed by atoms with E-state index in [2.05, 4.69) is 20.9 Å². The predicted molar refractivity (Wildman–Crippen MR) is 112 cm³/mol. The summed E-state index contributed by atoms with van der Waals surface area (Å²) >= 11 is 0. The van der Waals surface area contributed by atoms with E-state index in [1.807, 2.05) is 6.92 Å². The van der Waals surface area contributed by atoms with Gasteiger partial charge in [-0.2, -0.15) is 0 Å². The molecule has 1 fully saturated rings. The van der Waals surface area contributed by atoms with Crippen LogP contribution >= 0.6 is 0 Å². The van der Waals surface area contributed by atoms with Crippen molar-refractivity contribution < 1.29 is 33.3 Å². The number of carbonyl (C=O) groups excluding carboxylic acids is 2. The van der Waals surface area contributed by atoms with Crippen LogP contribution in [0.4, 0.5) is 4.79 Å². The third kappa shape index (κ3) is 4.85. The first kappa shape index (κ1) is 23.1. The topological polar surface area (TPSA) is 135 Å². The number of carbonyl (C=O) groups is 2. The Bertz CT molecular complexity index is 952. The van der Waals surface area contributed by atoms with Gasteiger partial charge in [0.15, 0.2) is 17.2 Å². The standard InChI is InChI=1S/C20H27N5O7/c1-11(9-28-2)21-19(26)16-17(25(24-23-16)8-13-10-32-20(27)22-13)12-6-14(29-3)18(31-5)15(7-12)30-4/h6-7,11,13H,8-10H2,1-5H3,(H,21,26)(H,22,27). The summed E-state index contributed by atoms with van der Waals surface area (Å²) in [7, 11) is 6.06. The van der Waals surface area contributed by atoms with Crippen molar-refractivity contribution in [2.45, 2.75) is 25.6 Å². The SMILES string of the molecule is COCC(C)NC(=O)c1nnn(CC2COC(=O)N2)c1-c1cc(OC)c(OC)c(OC)c1. The van der Waals surface area contributed by atoms with Crippen LogP contribution in [0.2, 0.25) is 0 Å². The maximum absolute atomic E-state index is 13.0. The average molecular weight is 449 g/mol. The Morgan fingerprint density at radius 2 is 1.94 bits per heavy atom. The highest BCUT2D eigenvalue weighted by Gasteiger charge is 2.29. The molecule has 0 saturated carbocycles. The van der Waals surface area contributed by atoms with E-state index in [1.54, 1.807) is 19.2 Å². The van der Waals surface area contributed by atoms with Gasteiger partial charge in [-0.25, -0.2) is 9.48 Å². The summed E-state index contributed by atoms with van der Waals surface area (Å²) in [6.45, 7) is 2.58. The first-order valence-electron chi connectivity index (χ1n) is 9.88. The molecule has 2 N–H and O–H groups in total. The van der Waals surface area contributed by atoms with Crippen molar-refractivity contribution in [3.8, 4) is 28.5 Å². The van der Waals surface area contributed by atoms with E-state index < -0.39 is 12.0 Å². The minimum atomic E-state index is -0.504. The maximum atomic E-state index is 13.0. The first-order chi connectivity index (χ1) is 15.4. The van der Waals surface area contributed by atoms with Gasteiger partial charge in [0.1, 0.15) is 12.3 Å². The highest BCUT2D eigenvalue weighted by molar-refractivity contribution is 5.98. The molecule has 2 unspecified atom stereocenters. The molecule has 0 spiro atoms. The van der Waals surface area contributed by atoms with E-state index in [9.17, 15) is 9.59 Å². The average Bonchev–Trinajstić information content (AvgIpc) is 3.38. The number of hydrogen-bond donors (Lipinski definition) is 2. The summed E-state index contributed by atoms with van der Waals surface area (Å²) in [6.07, 6.45) is -0.504.